The molecule has 1 aromatic carbocycles. The van der Waals surface area contributed by atoms with Gasteiger partial charge in [-0.2, -0.15) is 0 Å². The molecule has 0 amide bonds. The monoisotopic (exact) mass is 292 g/mol. The molecule has 0 bridgehead atoms. The van der Waals surface area contributed by atoms with Gasteiger partial charge < -0.3 is 16.2 Å². The van der Waals surface area contributed by atoms with Crippen molar-refractivity contribution < 1.29 is 9.90 Å². The Morgan fingerprint density at radius 2 is 2.33 bits per heavy atom. The van der Waals surface area contributed by atoms with Crippen molar-refractivity contribution >= 4 is 39.2 Å². The number of carbonyl (C=O) groups is 1. The highest BCUT2D eigenvalue weighted by Crippen LogP contribution is 2.25. The second kappa shape index (κ2) is 5.34. The molecule has 1 atom stereocenters. The van der Waals surface area contributed by atoms with Gasteiger partial charge in [0.05, 0.1) is 5.02 Å². The molecule has 0 fully saturated rings. The highest BCUT2D eigenvalue weighted by molar-refractivity contribution is 9.10. The smallest absolute Gasteiger partial charge is 0.327 e. The van der Waals surface area contributed by atoms with Crippen LogP contribution < -0.4 is 11.1 Å². The third kappa shape index (κ3) is 3.37. The van der Waals surface area contributed by atoms with E-state index in [4.69, 9.17) is 22.4 Å². The van der Waals surface area contributed by atoms with Crippen LogP contribution in [0.15, 0.2) is 22.7 Å². The fourth-order valence-corrected chi connectivity index (χ4v) is 1.50. The van der Waals surface area contributed by atoms with Crippen molar-refractivity contribution in [2.24, 2.45) is 5.73 Å². The van der Waals surface area contributed by atoms with E-state index in [0.29, 0.717) is 15.2 Å². The first-order valence-electron chi connectivity index (χ1n) is 4.19. The molecule has 0 heterocycles. The van der Waals surface area contributed by atoms with Crippen molar-refractivity contribution in [3.05, 3.63) is 27.7 Å². The van der Waals surface area contributed by atoms with Crippen LogP contribution in [-0.2, 0) is 4.79 Å². The van der Waals surface area contributed by atoms with Gasteiger partial charge in [0, 0.05) is 16.7 Å². The summed E-state index contributed by atoms with van der Waals surface area (Å²) in [4.78, 5) is 10.7. The Labute approximate surface area is 101 Å². The van der Waals surface area contributed by atoms with Crippen LogP contribution in [0.5, 0.6) is 0 Å². The van der Waals surface area contributed by atoms with Crippen molar-refractivity contribution in [1.29, 1.82) is 0 Å². The minimum absolute atomic E-state index is 0.0234. The third-order valence-corrected chi connectivity index (χ3v) is 3.01. The second-order valence-corrected chi connectivity index (χ2v) is 4.16. The minimum atomic E-state index is -0.983. The molecule has 1 aromatic rings. The van der Waals surface area contributed by atoms with Crippen LogP contribution in [0.3, 0.4) is 0 Å². The first kappa shape index (κ1) is 12.3. The van der Waals surface area contributed by atoms with Crippen molar-refractivity contribution in [2.75, 3.05) is 11.9 Å². The standard InChI is InChI=1S/C9H10BrClN2O2/c10-6-3-5(1-2-7(6)11)13-8(4-12)9(14)15/h1-3,8,13H,4,12H2,(H,14,15). The Bertz CT molecular complexity index is 373. The van der Waals surface area contributed by atoms with Gasteiger partial charge in [-0.05, 0) is 34.1 Å². The van der Waals surface area contributed by atoms with Crippen LogP contribution in [0.25, 0.3) is 0 Å². The number of nitrogens with two attached hydrogens (primary N) is 1. The molecule has 4 N–H and O–H groups in total. The summed E-state index contributed by atoms with van der Waals surface area (Å²) >= 11 is 9.04. The SMILES string of the molecule is NCC(Nc1ccc(Cl)c(Br)c1)C(=O)O. The third-order valence-electron chi connectivity index (χ3n) is 1.79. The molecule has 6 heteroatoms. The molecule has 0 spiro atoms. The Balaban J connectivity index is 2.80. The summed E-state index contributed by atoms with van der Waals surface area (Å²) in [5.74, 6) is -0.983. The Morgan fingerprint density at radius 1 is 1.67 bits per heavy atom. The summed E-state index contributed by atoms with van der Waals surface area (Å²) in [5, 5.41) is 12.1. The Kier molecular flexibility index (Phi) is 4.38. The van der Waals surface area contributed by atoms with Crippen molar-refractivity contribution in [1.82, 2.24) is 0 Å². The number of hydrogen-bond acceptors (Lipinski definition) is 3. The molecule has 0 radical (unpaired) electrons. The number of carboxylic acid groups (broad SMARTS) is 1. The van der Waals surface area contributed by atoms with Gasteiger partial charge in [-0.3, -0.25) is 0 Å². The highest BCUT2D eigenvalue weighted by Gasteiger charge is 2.14. The zero-order chi connectivity index (χ0) is 11.4. The van der Waals surface area contributed by atoms with Gasteiger partial charge in [0.15, 0.2) is 0 Å². The van der Waals surface area contributed by atoms with E-state index in [-0.39, 0.29) is 6.54 Å². The first-order chi connectivity index (χ1) is 7.04. The van der Waals surface area contributed by atoms with Crippen LogP contribution in [0.4, 0.5) is 5.69 Å². The van der Waals surface area contributed by atoms with E-state index in [0.717, 1.165) is 0 Å². The fraction of sp³-hybridized carbons (Fsp3) is 0.222. The summed E-state index contributed by atoms with van der Waals surface area (Å²) in [6, 6.07) is 4.27. The number of benzene rings is 1. The lowest BCUT2D eigenvalue weighted by Crippen LogP contribution is -2.36. The van der Waals surface area contributed by atoms with Gasteiger partial charge in [0.25, 0.3) is 0 Å². The van der Waals surface area contributed by atoms with E-state index < -0.39 is 12.0 Å². The molecule has 0 saturated heterocycles. The molecule has 82 valence electrons. The van der Waals surface area contributed by atoms with Crippen LogP contribution in [0.1, 0.15) is 0 Å². The second-order valence-electron chi connectivity index (χ2n) is 2.90. The molecule has 4 nitrogen and oxygen atoms in total. The average Bonchev–Trinajstić information content (AvgIpc) is 2.19. The van der Waals surface area contributed by atoms with Gasteiger partial charge in [0.1, 0.15) is 6.04 Å². The first-order valence-corrected chi connectivity index (χ1v) is 5.36. The number of rotatable bonds is 4. The Hall–Kier alpha value is -0.780. The van der Waals surface area contributed by atoms with Crippen LogP contribution >= 0.6 is 27.5 Å². The summed E-state index contributed by atoms with van der Waals surface area (Å²) in [7, 11) is 0. The number of aliphatic carboxylic acids is 1. The molecular weight excluding hydrogens is 283 g/mol. The number of halogens is 2. The zero-order valence-electron chi connectivity index (χ0n) is 7.71. The highest BCUT2D eigenvalue weighted by atomic mass is 79.9. The predicted octanol–water partition coefficient (Wildman–Crippen LogP) is 1.93. The van der Waals surface area contributed by atoms with E-state index in [2.05, 4.69) is 21.2 Å². The molecule has 0 aromatic heterocycles. The largest absolute Gasteiger partial charge is 0.480 e. The lowest BCUT2D eigenvalue weighted by atomic mass is 10.2. The van der Waals surface area contributed by atoms with E-state index in [1.165, 1.54) is 0 Å². The molecule has 15 heavy (non-hydrogen) atoms. The molecule has 0 aliphatic heterocycles. The van der Waals surface area contributed by atoms with Gasteiger partial charge in [-0.15, -0.1) is 0 Å². The van der Waals surface area contributed by atoms with E-state index in [9.17, 15) is 4.79 Å². The summed E-state index contributed by atoms with van der Waals surface area (Å²) < 4.78 is 0.704. The number of anilines is 1. The van der Waals surface area contributed by atoms with Gasteiger partial charge in [-0.1, -0.05) is 11.6 Å². The molecule has 1 unspecified atom stereocenters. The topological polar surface area (TPSA) is 75.3 Å². The maximum atomic E-state index is 10.7. The molecule has 0 saturated carbocycles. The number of nitrogens with one attached hydrogen (secondary N) is 1. The van der Waals surface area contributed by atoms with Crippen molar-refractivity contribution in [3.63, 3.8) is 0 Å². The van der Waals surface area contributed by atoms with Crippen LogP contribution in [-0.4, -0.2) is 23.7 Å². The normalized spacial score (nSPS) is 12.2. The predicted molar refractivity (Wildman–Crippen MR) is 63.3 cm³/mol. The number of hydrogen-bond donors (Lipinski definition) is 3. The van der Waals surface area contributed by atoms with Crippen LogP contribution in [0.2, 0.25) is 5.02 Å². The van der Waals surface area contributed by atoms with E-state index in [1.54, 1.807) is 18.2 Å². The van der Waals surface area contributed by atoms with Crippen LogP contribution in [0, 0.1) is 0 Å². The summed E-state index contributed by atoms with van der Waals surface area (Å²) in [5.41, 5.74) is 5.96. The molecular formula is C9H10BrClN2O2. The lowest BCUT2D eigenvalue weighted by Gasteiger charge is -2.13. The lowest BCUT2D eigenvalue weighted by molar-refractivity contribution is -0.137. The number of carboxylic acids is 1. The molecule has 1 rings (SSSR count). The van der Waals surface area contributed by atoms with E-state index >= 15 is 0 Å². The van der Waals surface area contributed by atoms with Gasteiger partial charge in [-0.25, -0.2) is 4.79 Å². The quantitative estimate of drug-likeness (QED) is 0.793. The fourth-order valence-electron chi connectivity index (χ4n) is 1.01. The minimum Gasteiger partial charge on any atom is -0.480 e. The maximum absolute atomic E-state index is 10.7. The Morgan fingerprint density at radius 3 is 2.80 bits per heavy atom. The maximum Gasteiger partial charge on any atom is 0.327 e. The van der Waals surface area contributed by atoms with Gasteiger partial charge >= 0.3 is 5.97 Å². The van der Waals surface area contributed by atoms with Crippen molar-refractivity contribution in [2.45, 2.75) is 6.04 Å². The van der Waals surface area contributed by atoms with Gasteiger partial charge in [0.2, 0.25) is 0 Å². The van der Waals surface area contributed by atoms with Crippen molar-refractivity contribution in [3.8, 4) is 0 Å². The summed E-state index contributed by atoms with van der Waals surface area (Å²) in [6.45, 7) is 0.0234. The summed E-state index contributed by atoms with van der Waals surface area (Å²) in [6.07, 6.45) is 0. The zero-order valence-corrected chi connectivity index (χ0v) is 10.0. The average molecular weight is 294 g/mol. The van der Waals surface area contributed by atoms with E-state index in [1.807, 2.05) is 0 Å². The molecule has 0 aliphatic rings. The molecule has 0 aliphatic carbocycles.